The number of likely N-dealkylation sites (tertiary alicyclic amines) is 1. The van der Waals surface area contributed by atoms with Crippen molar-refractivity contribution in [2.24, 2.45) is 0 Å². The summed E-state index contributed by atoms with van der Waals surface area (Å²) in [6.07, 6.45) is 1.43. The van der Waals surface area contributed by atoms with E-state index in [1.165, 1.54) is 22.8 Å². The Labute approximate surface area is 161 Å². The van der Waals surface area contributed by atoms with E-state index >= 15 is 0 Å². The predicted octanol–water partition coefficient (Wildman–Crippen LogP) is 2.33. The molecule has 0 N–H and O–H groups in total. The Morgan fingerprint density at radius 3 is 2.44 bits per heavy atom. The molecule has 0 aromatic heterocycles. The fourth-order valence-electron chi connectivity index (χ4n) is 3.42. The molecule has 8 heteroatoms. The van der Waals surface area contributed by atoms with Crippen LogP contribution >= 0.6 is 11.8 Å². The standard InChI is InChI=1S/C19H20N2O5S/c1-3-8-26-19(25)20-11-14(27-12(2)22)9-13(20)10-21-17(23)15-6-4-5-7-16(15)18(21)24/h3-7,13-14H,1,8-11H2,2H3/t13-,14-/m0/s1. The van der Waals surface area contributed by atoms with Crippen LogP contribution in [0.15, 0.2) is 36.9 Å². The van der Waals surface area contributed by atoms with E-state index < -0.39 is 12.1 Å². The summed E-state index contributed by atoms with van der Waals surface area (Å²) in [4.78, 5) is 51.7. The van der Waals surface area contributed by atoms with Gasteiger partial charge in [0.15, 0.2) is 5.12 Å². The van der Waals surface area contributed by atoms with Crippen LogP contribution in [0, 0.1) is 0 Å². The Morgan fingerprint density at radius 1 is 1.26 bits per heavy atom. The average Bonchev–Trinajstić information content (AvgIpc) is 3.14. The lowest BCUT2D eigenvalue weighted by atomic mass is 10.1. The maximum atomic E-state index is 12.6. The summed E-state index contributed by atoms with van der Waals surface area (Å²) in [5.41, 5.74) is 0.742. The lowest BCUT2D eigenvalue weighted by Crippen LogP contribution is -2.45. The Balaban J connectivity index is 1.77. The zero-order valence-electron chi connectivity index (χ0n) is 14.9. The third-order valence-electron chi connectivity index (χ3n) is 4.54. The summed E-state index contributed by atoms with van der Waals surface area (Å²) in [7, 11) is 0. The summed E-state index contributed by atoms with van der Waals surface area (Å²) in [6.45, 7) is 5.46. The molecule has 0 bridgehead atoms. The summed E-state index contributed by atoms with van der Waals surface area (Å²) in [5, 5.41) is -0.139. The van der Waals surface area contributed by atoms with Crippen molar-refractivity contribution in [1.29, 1.82) is 0 Å². The van der Waals surface area contributed by atoms with Crippen molar-refractivity contribution in [2.75, 3.05) is 19.7 Å². The number of thioether (sulfide) groups is 1. The van der Waals surface area contributed by atoms with Crippen molar-refractivity contribution < 1.29 is 23.9 Å². The van der Waals surface area contributed by atoms with E-state index in [9.17, 15) is 19.2 Å². The number of hydrogen-bond donors (Lipinski definition) is 0. The number of carbonyl (C=O) groups excluding carboxylic acids is 4. The largest absolute Gasteiger partial charge is 0.445 e. The molecule has 2 heterocycles. The minimum absolute atomic E-state index is 0.0409. The third-order valence-corrected chi connectivity index (χ3v) is 5.55. The molecule has 27 heavy (non-hydrogen) atoms. The Morgan fingerprint density at radius 2 is 1.89 bits per heavy atom. The quantitative estimate of drug-likeness (QED) is 0.569. The molecule has 2 aliphatic heterocycles. The number of nitrogens with zero attached hydrogens (tertiary/aromatic N) is 2. The van der Waals surface area contributed by atoms with Gasteiger partial charge in [-0.2, -0.15) is 0 Å². The van der Waals surface area contributed by atoms with E-state index in [2.05, 4.69) is 6.58 Å². The normalized spacial score (nSPS) is 21.4. The number of carbonyl (C=O) groups is 4. The number of imide groups is 1. The molecule has 2 aliphatic rings. The third kappa shape index (κ3) is 3.90. The molecule has 0 unspecified atom stereocenters. The number of fused-ring (bicyclic) bond motifs is 1. The molecule has 0 saturated carbocycles. The van der Waals surface area contributed by atoms with Crippen LogP contribution in [0.1, 0.15) is 34.1 Å². The molecule has 142 valence electrons. The molecule has 1 aromatic rings. The van der Waals surface area contributed by atoms with Crippen molar-refractivity contribution in [3.05, 3.63) is 48.0 Å². The molecule has 3 rings (SSSR count). The van der Waals surface area contributed by atoms with Gasteiger partial charge in [0.25, 0.3) is 11.8 Å². The van der Waals surface area contributed by atoms with Gasteiger partial charge in [-0.05, 0) is 18.6 Å². The highest BCUT2D eigenvalue weighted by molar-refractivity contribution is 8.14. The topological polar surface area (TPSA) is 84.0 Å². The molecular weight excluding hydrogens is 368 g/mol. The number of benzene rings is 1. The highest BCUT2D eigenvalue weighted by atomic mass is 32.2. The zero-order valence-corrected chi connectivity index (χ0v) is 15.7. The van der Waals surface area contributed by atoms with E-state index in [0.29, 0.717) is 24.1 Å². The first-order chi connectivity index (χ1) is 12.9. The Hall–Kier alpha value is -2.61. The number of hydrogen-bond acceptors (Lipinski definition) is 6. The highest BCUT2D eigenvalue weighted by Gasteiger charge is 2.42. The smallest absolute Gasteiger partial charge is 0.410 e. The zero-order chi connectivity index (χ0) is 19.6. The number of rotatable bonds is 5. The molecule has 0 radical (unpaired) electrons. The first-order valence-corrected chi connectivity index (χ1v) is 9.47. The van der Waals surface area contributed by atoms with Gasteiger partial charge in [0, 0.05) is 25.3 Å². The summed E-state index contributed by atoms with van der Waals surface area (Å²) < 4.78 is 5.13. The minimum Gasteiger partial charge on any atom is -0.445 e. The second-order valence-corrected chi connectivity index (χ2v) is 7.88. The van der Waals surface area contributed by atoms with Crippen LogP contribution in [0.3, 0.4) is 0 Å². The number of ether oxygens (including phenoxy) is 1. The second-order valence-electron chi connectivity index (χ2n) is 6.41. The van der Waals surface area contributed by atoms with Crippen molar-refractivity contribution in [2.45, 2.75) is 24.6 Å². The molecule has 0 spiro atoms. The van der Waals surface area contributed by atoms with Gasteiger partial charge in [-0.15, -0.1) is 0 Å². The van der Waals surface area contributed by atoms with Crippen molar-refractivity contribution in [3.8, 4) is 0 Å². The van der Waals surface area contributed by atoms with Crippen LogP contribution in [-0.4, -0.2) is 63.8 Å². The average molecular weight is 388 g/mol. The highest BCUT2D eigenvalue weighted by Crippen LogP contribution is 2.31. The van der Waals surface area contributed by atoms with Crippen molar-refractivity contribution >= 4 is 34.8 Å². The van der Waals surface area contributed by atoms with Gasteiger partial charge in [0.1, 0.15) is 6.61 Å². The predicted molar refractivity (Wildman–Crippen MR) is 101 cm³/mol. The van der Waals surface area contributed by atoms with Crippen molar-refractivity contribution in [3.63, 3.8) is 0 Å². The van der Waals surface area contributed by atoms with E-state index in [1.807, 2.05) is 0 Å². The maximum absolute atomic E-state index is 12.6. The molecule has 2 atom stereocenters. The number of amides is 3. The van der Waals surface area contributed by atoms with Crippen LogP contribution in [0.25, 0.3) is 0 Å². The molecular formula is C19H20N2O5S. The van der Waals surface area contributed by atoms with Gasteiger partial charge in [-0.1, -0.05) is 36.5 Å². The fourth-order valence-corrected chi connectivity index (χ4v) is 4.44. The van der Waals surface area contributed by atoms with E-state index in [-0.39, 0.29) is 35.3 Å². The molecule has 1 saturated heterocycles. The van der Waals surface area contributed by atoms with Crippen LogP contribution in [0.4, 0.5) is 4.79 Å². The summed E-state index contributed by atoms with van der Waals surface area (Å²) in [5.74, 6) is -0.727. The van der Waals surface area contributed by atoms with E-state index in [4.69, 9.17) is 4.74 Å². The van der Waals surface area contributed by atoms with Crippen molar-refractivity contribution in [1.82, 2.24) is 9.80 Å². The van der Waals surface area contributed by atoms with Crippen LogP contribution in [0.5, 0.6) is 0 Å². The Kier molecular flexibility index (Phi) is 5.65. The lowest BCUT2D eigenvalue weighted by molar-refractivity contribution is -0.109. The van der Waals surface area contributed by atoms with Gasteiger partial charge in [0.05, 0.1) is 17.2 Å². The molecule has 0 aliphatic carbocycles. The summed E-state index contributed by atoms with van der Waals surface area (Å²) in [6, 6.07) is 6.26. The SMILES string of the molecule is C=CCOC(=O)N1C[C@@H](SC(C)=O)C[C@H]1CN1C(=O)c2ccccc2C1=O. The molecule has 1 aromatic carbocycles. The summed E-state index contributed by atoms with van der Waals surface area (Å²) >= 11 is 1.16. The van der Waals surface area contributed by atoms with Gasteiger partial charge in [0.2, 0.25) is 0 Å². The Bertz CT molecular complexity index is 774. The molecule has 7 nitrogen and oxygen atoms in total. The first-order valence-electron chi connectivity index (χ1n) is 8.59. The van der Waals surface area contributed by atoms with E-state index in [0.717, 1.165) is 11.8 Å². The van der Waals surface area contributed by atoms with Gasteiger partial charge in [-0.3, -0.25) is 19.3 Å². The fraction of sp³-hybridized carbons (Fsp3) is 0.368. The van der Waals surface area contributed by atoms with E-state index in [1.54, 1.807) is 24.3 Å². The van der Waals surface area contributed by atoms with Gasteiger partial charge in [-0.25, -0.2) is 4.79 Å². The monoisotopic (exact) mass is 388 g/mol. The maximum Gasteiger partial charge on any atom is 0.410 e. The van der Waals surface area contributed by atoms with Gasteiger partial charge < -0.3 is 9.64 Å². The minimum atomic E-state index is -0.539. The molecule has 3 amide bonds. The first kappa shape index (κ1) is 19.2. The van der Waals surface area contributed by atoms with Crippen LogP contribution < -0.4 is 0 Å². The van der Waals surface area contributed by atoms with Gasteiger partial charge >= 0.3 is 6.09 Å². The van der Waals surface area contributed by atoms with Crippen LogP contribution in [0.2, 0.25) is 0 Å². The van der Waals surface area contributed by atoms with Crippen LogP contribution in [-0.2, 0) is 9.53 Å². The molecule has 1 fully saturated rings. The lowest BCUT2D eigenvalue weighted by Gasteiger charge is -2.26. The second kappa shape index (κ2) is 7.96.